The van der Waals surface area contributed by atoms with Crippen molar-refractivity contribution in [3.8, 4) is 0 Å². The molecule has 6 nitrogen and oxygen atoms in total. The molecule has 3 atom stereocenters. The van der Waals surface area contributed by atoms with Gasteiger partial charge in [0, 0.05) is 18.6 Å². The lowest BCUT2D eigenvalue weighted by atomic mass is 9.97. The van der Waals surface area contributed by atoms with Gasteiger partial charge >= 0.3 is 5.97 Å². The molecule has 0 aromatic rings. The zero-order valence-electron chi connectivity index (χ0n) is 12.1. The van der Waals surface area contributed by atoms with Crippen LogP contribution in [-0.2, 0) is 14.6 Å². The van der Waals surface area contributed by atoms with Crippen LogP contribution < -0.4 is 5.32 Å². The molecule has 0 radical (unpaired) electrons. The molecule has 0 spiro atoms. The average Bonchev–Trinajstić information content (AvgIpc) is 2.74. The normalized spacial score (nSPS) is 37.9. The van der Waals surface area contributed by atoms with Crippen LogP contribution in [0.5, 0.6) is 0 Å². The number of rotatable bonds is 4. The number of carbonyl (C=O) groups is 1. The van der Waals surface area contributed by atoms with Gasteiger partial charge in [-0.1, -0.05) is 6.92 Å². The Balaban J connectivity index is 2.07. The monoisotopic (exact) mass is 304 g/mol. The lowest BCUT2D eigenvalue weighted by Gasteiger charge is -2.38. The summed E-state index contributed by atoms with van der Waals surface area (Å²) in [6, 6.07) is 0.139. The first-order valence-corrected chi connectivity index (χ1v) is 9.06. The van der Waals surface area contributed by atoms with Crippen LogP contribution in [0.3, 0.4) is 0 Å². The van der Waals surface area contributed by atoms with Crippen molar-refractivity contribution < 1.29 is 18.3 Å². The number of hydrogen-bond acceptors (Lipinski definition) is 5. The number of sulfone groups is 1. The molecular weight excluding hydrogens is 280 g/mol. The van der Waals surface area contributed by atoms with Crippen molar-refractivity contribution in [3.63, 3.8) is 0 Å². The van der Waals surface area contributed by atoms with Crippen molar-refractivity contribution >= 4 is 15.8 Å². The molecule has 3 unspecified atom stereocenters. The highest BCUT2D eigenvalue weighted by Crippen LogP contribution is 2.35. The minimum absolute atomic E-state index is 0.0232. The first-order chi connectivity index (χ1) is 9.30. The van der Waals surface area contributed by atoms with Crippen molar-refractivity contribution in [2.75, 3.05) is 24.6 Å². The zero-order chi connectivity index (χ0) is 15.0. The van der Waals surface area contributed by atoms with E-state index >= 15 is 0 Å². The highest BCUT2D eigenvalue weighted by Gasteiger charge is 2.48. The number of nitrogens with zero attached hydrogens (tertiary/aromatic N) is 1. The molecule has 1 heterocycles. The first kappa shape index (κ1) is 15.7. The van der Waals surface area contributed by atoms with Gasteiger partial charge in [0.05, 0.1) is 11.5 Å². The topological polar surface area (TPSA) is 86.7 Å². The Morgan fingerprint density at radius 3 is 2.75 bits per heavy atom. The zero-order valence-corrected chi connectivity index (χ0v) is 12.9. The fourth-order valence-corrected chi connectivity index (χ4v) is 5.21. The van der Waals surface area contributed by atoms with Crippen molar-refractivity contribution in [3.05, 3.63) is 0 Å². The van der Waals surface area contributed by atoms with E-state index in [-0.39, 0.29) is 23.6 Å². The van der Waals surface area contributed by atoms with Crippen LogP contribution in [0.25, 0.3) is 0 Å². The van der Waals surface area contributed by atoms with Gasteiger partial charge in [0.15, 0.2) is 9.84 Å². The van der Waals surface area contributed by atoms with E-state index in [1.165, 1.54) is 0 Å². The van der Waals surface area contributed by atoms with E-state index in [4.69, 9.17) is 0 Å². The van der Waals surface area contributed by atoms with Crippen molar-refractivity contribution in [1.82, 2.24) is 10.2 Å². The maximum absolute atomic E-state index is 11.6. The molecule has 7 heteroatoms. The highest BCUT2D eigenvalue weighted by atomic mass is 32.2. The largest absolute Gasteiger partial charge is 0.480 e. The Hall–Kier alpha value is -0.660. The third kappa shape index (κ3) is 2.99. The lowest BCUT2D eigenvalue weighted by molar-refractivity contribution is -0.144. The van der Waals surface area contributed by atoms with Crippen LogP contribution in [-0.4, -0.2) is 66.6 Å². The van der Waals surface area contributed by atoms with E-state index in [0.717, 1.165) is 6.42 Å². The van der Waals surface area contributed by atoms with Gasteiger partial charge in [-0.05, 0) is 32.7 Å². The van der Waals surface area contributed by atoms with E-state index in [2.05, 4.69) is 10.2 Å². The van der Waals surface area contributed by atoms with E-state index in [9.17, 15) is 18.3 Å². The van der Waals surface area contributed by atoms with Gasteiger partial charge in [-0.25, -0.2) is 8.42 Å². The summed E-state index contributed by atoms with van der Waals surface area (Å²) in [5.74, 6) is -0.418. The second-order valence-corrected chi connectivity index (χ2v) is 8.24. The summed E-state index contributed by atoms with van der Waals surface area (Å²) in [6.45, 7) is 4.98. The van der Waals surface area contributed by atoms with E-state index in [1.54, 1.807) is 0 Å². The summed E-state index contributed by atoms with van der Waals surface area (Å²) in [7, 11) is -2.92. The molecule has 0 amide bonds. The number of aliphatic carboxylic acids is 1. The van der Waals surface area contributed by atoms with Crippen LogP contribution in [0, 0.1) is 0 Å². The summed E-state index contributed by atoms with van der Waals surface area (Å²) in [5.41, 5.74) is -0.838. The molecule has 0 aromatic carbocycles. The Morgan fingerprint density at radius 1 is 1.50 bits per heavy atom. The standard InChI is InChI=1S/C13H24N2O4S/c1-3-14-13(12(16)17)5-4-11(8-13)15-6-7-20(18,19)9-10(15)2/h10-11,14H,3-9H2,1-2H3,(H,16,17). The Labute approximate surface area is 120 Å². The molecular formula is C13H24N2O4S. The second kappa shape index (κ2) is 5.61. The number of nitrogens with one attached hydrogen (secondary N) is 1. The highest BCUT2D eigenvalue weighted by molar-refractivity contribution is 7.91. The number of hydrogen-bond donors (Lipinski definition) is 2. The van der Waals surface area contributed by atoms with Gasteiger partial charge in [0.1, 0.15) is 5.54 Å². The van der Waals surface area contributed by atoms with Gasteiger partial charge < -0.3 is 10.4 Å². The summed E-state index contributed by atoms with van der Waals surface area (Å²) < 4.78 is 23.3. The number of carboxylic acids is 1. The van der Waals surface area contributed by atoms with E-state index in [1.807, 2.05) is 13.8 Å². The molecule has 2 rings (SSSR count). The Bertz CT molecular complexity index is 479. The van der Waals surface area contributed by atoms with Crippen molar-refractivity contribution in [2.45, 2.75) is 50.7 Å². The molecule has 1 saturated heterocycles. The quantitative estimate of drug-likeness (QED) is 0.765. The molecule has 1 saturated carbocycles. The summed E-state index contributed by atoms with van der Waals surface area (Å²) >= 11 is 0. The Morgan fingerprint density at radius 2 is 2.20 bits per heavy atom. The van der Waals surface area contributed by atoms with E-state index in [0.29, 0.717) is 25.9 Å². The maximum Gasteiger partial charge on any atom is 0.323 e. The minimum Gasteiger partial charge on any atom is -0.480 e. The second-order valence-electron chi connectivity index (χ2n) is 6.02. The van der Waals surface area contributed by atoms with E-state index < -0.39 is 21.3 Å². The first-order valence-electron chi connectivity index (χ1n) is 7.24. The van der Waals surface area contributed by atoms with Crippen LogP contribution in [0.15, 0.2) is 0 Å². The van der Waals surface area contributed by atoms with Crippen LogP contribution in [0.1, 0.15) is 33.1 Å². The lowest BCUT2D eigenvalue weighted by Crippen LogP contribution is -2.54. The van der Waals surface area contributed by atoms with Gasteiger partial charge in [0.2, 0.25) is 0 Å². The third-order valence-corrected chi connectivity index (χ3v) is 6.40. The predicted molar refractivity (Wildman–Crippen MR) is 76.5 cm³/mol. The van der Waals surface area contributed by atoms with Crippen LogP contribution >= 0.6 is 0 Å². The molecule has 0 bridgehead atoms. The smallest absolute Gasteiger partial charge is 0.323 e. The molecule has 116 valence electrons. The number of carboxylic acid groups (broad SMARTS) is 1. The summed E-state index contributed by atoms with van der Waals surface area (Å²) in [5, 5.41) is 12.6. The molecule has 0 aromatic heterocycles. The van der Waals surface area contributed by atoms with Crippen LogP contribution in [0.2, 0.25) is 0 Å². The van der Waals surface area contributed by atoms with Gasteiger partial charge in [-0.15, -0.1) is 0 Å². The van der Waals surface area contributed by atoms with Crippen LogP contribution in [0.4, 0.5) is 0 Å². The fourth-order valence-electron chi connectivity index (χ4n) is 3.63. The average molecular weight is 304 g/mol. The third-order valence-electron chi connectivity index (χ3n) is 4.60. The molecule has 1 aliphatic carbocycles. The van der Waals surface area contributed by atoms with Gasteiger partial charge in [-0.2, -0.15) is 0 Å². The molecule has 2 fully saturated rings. The number of likely N-dealkylation sites (N-methyl/N-ethyl adjacent to an activating group) is 1. The maximum atomic E-state index is 11.6. The van der Waals surface area contributed by atoms with Gasteiger partial charge in [0.25, 0.3) is 0 Å². The summed E-state index contributed by atoms with van der Waals surface area (Å²) in [4.78, 5) is 13.7. The van der Waals surface area contributed by atoms with Crippen molar-refractivity contribution in [2.24, 2.45) is 0 Å². The summed E-state index contributed by atoms with van der Waals surface area (Å²) in [6.07, 6.45) is 1.97. The van der Waals surface area contributed by atoms with Gasteiger partial charge in [-0.3, -0.25) is 9.69 Å². The minimum atomic E-state index is -2.92. The molecule has 20 heavy (non-hydrogen) atoms. The molecule has 2 N–H and O–H groups in total. The van der Waals surface area contributed by atoms with Crippen molar-refractivity contribution in [1.29, 1.82) is 0 Å². The fraction of sp³-hybridized carbons (Fsp3) is 0.923. The molecule has 2 aliphatic rings. The Kier molecular flexibility index (Phi) is 4.41. The SMILES string of the molecule is CCNC1(C(=O)O)CCC(N2CCS(=O)(=O)CC2C)C1. The predicted octanol–water partition coefficient (Wildman–Crippen LogP) is 0.0907. The molecule has 1 aliphatic heterocycles.